The predicted molar refractivity (Wildman–Crippen MR) is 139 cm³/mol. The van der Waals surface area contributed by atoms with Crippen molar-refractivity contribution in [1.82, 2.24) is 15.1 Å². The molecular formula is C28H36N4O4. The first-order valence-corrected chi connectivity index (χ1v) is 12.6. The summed E-state index contributed by atoms with van der Waals surface area (Å²) >= 11 is 0. The highest BCUT2D eigenvalue weighted by Crippen LogP contribution is 2.39. The first-order valence-electron chi connectivity index (χ1n) is 12.6. The molecule has 2 N–H and O–H groups in total. The summed E-state index contributed by atoms with van der Waals surface area (Å²) in [6, 6.07) is 17.5. The molecule has 0 aliphatic carbocycles. The number of carbonyl (C=O) groups excluding carboxylic acids is 3. The maximum Gasteiger partial charge on any atom is 0.253 e. The fourth-order valence-corrected chi connectivity index (χ4v) is 5.12. The number of para-hydroxylation sites is 1. The summed E-state index contributed by atoms with van der Waals surface area (Å²) < 4.78 is 0. The van der Waals surface area contributed by atoms with Crippen molar-refractivity contribution in [3.05, 3.63) is 65.7 Å². The molecule has 36 heavy (non-hydrogen) atoms. The first kappa shape index (κ1) is 25.7. The van der Waals surface area contributed by atoms with Crippen LogP contribution in [-0.4, -0.2) is 77.6 Å². The highest BCUT2D eigenvalue weighted by molar-refractivity contribution is 5.97. The highest BCUT2D eigenvalue weighted by Gasteiger charge is 2.54. The number of rotatable bonds is 6. The molecule has 2 aliphatic heterocycles. The summed E-state index contributed by atoms with van der Waals surface area (Å²) in [6.45, 7) is 7.59. The molecule has 2 aromatic rings. The molecule has 0 radical (unpaired) electrons. The largest absolute Gasteiger partial charge is 0.395 e. The van der Waals surface area contributed by atoms with Gasteiger partial charge in [-0.05, 0) is 48.1 Å². The normalized spacial score (nSPS) is 17.6. The van der Waals surface area contributed by atoms with E-state index in [0.717, 1.165) is 5.69 Å². The monoisotopic (exact) mass is 492 g/mol. The number of nitrogens with zero attached hydrogens (tertiary/aromatic N) is 3. The molecule has 0 saturated carbocycles. The van der Waals surface area contributed by atoms with Gasteiger partial charge in [-0.1, -0.05) is 51.1 Å². The van der Waals surface area contributed by atoms with E-state index in [9.17, 15) is 14.4 Å². The average molecular weight is 493 g/mol. The number of likely N-dealkylation sites (tertiary alicyclic amines) is 1. The molecule has 192 valence electrons. The van der Waals surface area contributed by atoms with Gasteiger partial charge in [-0.3, -0.25) is 14.4 Å². The van der Waals surface area contributed by atoms with E-state index in [1.807, 2.05) is 59.5 Å². The third kappa shape index (κ3) is 5.09. The van der Waals surface area contributed by atoms with E-state index in [1.54, 1.807) is 4.90 Å². The Morgan fingerprint density at radius 3 is 2.22 bits per heavy atom. The maximum atomic E-state index is 13.7. The molecule has 2 fully saturated rings. The summed E-state index contributed by atoms with van der Waals surface area (Å²) in [5.41, 5.74) is 1.96. The van der Waals surface area contributed by atoms with Gasteiger partial charge in [0, 0.05) is 30.9 Å². The van der Waals surface area contributed by atoms with Crippen LogP contribution in [0, 0.1) is 0 Å². The van der Waals surface area contributed by atoms with Crippen LogP contribution in [0.2, 0.25) is 0 Å². The van der Waals surface area contributed by atoms with Crippen LogP contribution >= 0.6 is 0 Å². The van der Waals surface area contributed by atoms with E-state index >= 15 is 0 Å². The topological polar surface area (TPSA) is 93.2 Å². The Balaban J connectivity index is 1.51. The molecule has 2 aromatic carbocycles. The van der Waals surface area contributed by atoms with Crippen LogP contribution in [0.4, 0.5) is 5.69 Å². The number of hydrogen-bond donors (Lipinski definition) is 2. The summed E-state index contributed by atoms with van der Waals surface area (Å²) in [5, 5.41) is 11.6. The summed E-state index contributed by atoms with van der Waals surface area (Å²) in [6.07, 6.45) is 0.975. The predicted octanol–water partition coefficient (Wildman–Crippen LogP) is 2.37. The Morgan fingerprint density at radius 2 is 1.64 bits per heavy atom. The summed E-state index contributed by atoms with van der Waals surface area (Å²) in [5.74, 6) is -0.414. The number of aliphatic hydroxyl groups excluding tert-OH is 1. The molecule has 3 amide bonds. The first-order chi connectivity index (χ1) is 17.2. The summed E-state index contributed by atoms with van der Waals surface area (Å²) in [4.78, 5) is 44.7. The SMILES string of the molecule is CC(C)(C)c1ccc(C(=O)N2CCC3(CC2)C(=O)N(CC(=O)NCCO)CN3c2ccccc2)cc1. The number of carbonyl (C=O) groups is 3. The second kappa shape index (κ2) is 10.3. The van der Waals surface area contributed by atoms with Gasteiger partial charge in [0.2, 0.25) is 5.91 Å². The van der Waals surface area contributed by atoms with Gasteiger partial charge in [-0.15, -0.1) is 0 Å². The Bertz CT molecular complexity index is 1090. The number of amides is 3. The van der Waals surface area contributed by atoms with Crippen LogP contribution in [0.1, 0.15) is 49.5 Å². The quantitative estimate of drug-likeness (QED) is 0.646. The van der Waals surface area contributed by atoms with E-state index in [1.165, 1.54) is 5.56 Å². The summed E-state index contributed by atoms with van der Waals surface area (Å²) in [7, 11) is 0. The zero-order valence-corrected chi connectivity index (χ0v) is 21.4. The molecule has 1 spiro atoms. The van der Waals surface area contributed by atoms with Gasteiger partial charge in [0.15, 0.2) is 0 Å². The van der Waals surface area contributed by atoms with Crippen molar-refractivity contribution in [3.8, 4) is 0 Å². The van der Waals surface area contributed by atoms with Crippen LogP contribution in [0.3, 0.4) is 0 Å². The van der Waals surface area contributed by atoms with Gasteiger partial charge in [-0.25, -0.2) is 0 Å². The van der Waals surface area contributed by atoms with Gasteiger partial charge in [0.1, 0.15) is 12.1 Å². The van der Waals surface area contributed by atoms with Crippen molar-refractivity contribution >= 4 is 23.4 Å². The van der Waals surface area contributed by atoms with Crippen molar-refractivity contribution in [2.45, 2.75) is 44.6 Å². The van der Waals surface area contributed by atoms with Crippen molar-refractivity contribution in [1.29, 1.82) is 0 Å². The Kier molecular flexibility index (Phi) is 7.36. The minimum Gasteiger partial charge on any atom is -0.395 e. The average Bonchev–Trinajstić information content (AvgIpc) is 3.13. The Labute approximate surface area is 212 Å². The lowest BCUT2D eigenvalue weighted by Gasteiger charge is -2.43. The number of anilines is 1. The third-order valence-electron chi connectivity index (χ3n) is 7.23. The Hall–Kier alpha value is -3.39. The number of piperidine rings is 1. The highest BCUT2D eigenvalue weighted by atomic mass is 16.3. The molecule has 2 saturated heterocycles. The number of hydrogen-bond acceptors (Lipinski definition) is 5. The molecule has 0 aromatic heterocycles. The zero-order valence-electron chi connectivity index (χ0n) is 21.4. The lowest BCUT2D eigenvalue weighted by Crippen LogP contribution is -2.57. The van der Waals surface area contributed by atoms with Crippen LogP contribution in [0.5, 0.6) is 0 Å². The molecule has 0 atom stereocenters. The van der Waals surface area contributed by atoms with E-state index < -0.39 is 5.54 Å². The number of nitrogens with one attached hydrogen (secondary N) is 1. The fraction of sp³-hybridized carbons (Fsp3) is 0.464. The molecule has 8 heteroatoms. The van der Waals surface area contributed by atoms with E-state index in [-0.39, 0.29) is 42.8 Å². The maximum absolute atomic E-state index is 13.7. The van der Waals surface area contributed by atoms with E-state index in [0.29, 0.717) is 38.2 Å². The minimum atomic E-state index is -0.800. The van der Waals surface area contributed by atoms with E-state index in [4.69, 9.17) is 5.11 Å². The molecule has 4 rings (SSSR count). The van der Waals surface area contributed by atoms with Crippen LogP contribution in [0.15, 0.2) is 54.6 Å². The van der Waals surface area contributed by atoms with Crippen LogP contribution < -0.4 is 10.2 Å². The molecule has 2 heterocycles. The standard InChI is InChI=1S/C28H36N4O4/c1-27(2,3)22-11-9-21(10-12-22)25(35)30-16-13-28(14-17-30)26(36)31(19-24(34)29-15-18-33)20-32(28)23-7-5-4-6-8-23/h4-12,33H,13-20H2,1-3H3,(H,29,34). The lowest BCUT2D eigenvalue weighted by molar-refractivity contribution is -0.137. The third-order valence-corrected chi connectivity index (χ3v) is 7.23. The molecular weight excluding hydrogens is 456 g/mol. The minimum absolute atomic E-state index is 0.0175. The van der Waals surface area contributed by atoms with Crippen molar-refractivity contribution in [2.75, 3.05) is 44.4 Å². The number of benzene rings is 2. The molecule has 0 bridgehead atoms. The molecule has 0 unspecified atom stereocenters. The second-order valence-corrected chi connectivity index (χ2v) is 10.6. The van der Waals surface area contributed by atoms with Crippen LogP contribution in [-0.2, 0) is 15.0 Å². The van der Waals surface area contributed by atoms with Gasteiger partial charge in [-0.2, -0.15) is 0 Å². The second-order valence-electron chi connectivity index (χ2n) is 10.6. The van der Waals surface area contributed by atoms with E-state index in [2.05, 4.69) is 31.0 Å². The van der Waals surface area contributed by atoms with Crippen molar-refractivity contribution in [3.63, 3.8) is 0 Å². The zero-order chi connectivity index (χ0) is 25.9. The van der Waals surface area contributed by atoms with Crippen molar-refractivity contribution in [2.24, 2.45) is 0 Å². The van der Waals surface area contributed by atoms with Gasteiger partial charge >= 0.3 is 0 Å². The van der Waals surface area contributed by atoms with Crippen molar-refractivity contribution < 1.29 is 19.5 Å². The fourth-order valence-electron chi connectivity index (χ4n) is 5.12. The van der Waals surface area contributed by atoms with Gasteiger partial charge in [0.25, 0.3) is 11.8 Å². The van der Waals surface area contributed by atoms with Crippen LogP contribution in [0.25, 0.3) is 0 Å². The van der Waals surface area contributed by atoms with Gasteiger partial charge < -0.3 is 25.1 Å². The molecule has 8 nitrogen and oxygen atoms in total. The van der Waals surface area contributed by atoms with Gasteiger partial charge in [0.05, 0.1) is 13.3 Å². The smallest absolute Gasteiger partial charge is 0.253 e. The number of aliphatic hydroxyl groups is 1. The Morgan fingerprint density at radius 1 is 1.00 bits per heavy atom. The lowest BCUT2D eigenvalue weighted by atomic mass is 9.84. The molecule has 2 aliphatic rings.